The Balaban J connectivity index is 2.67. The van der Waals surface area contributed by atoms with Crippen molar-refractivity contribution in [2.24, 2.45) is 0 Å². The SMILES string of the molecule is COC(C)(C)CCOc1ccc(Cl)cc1[C@H](C)O. The van der Waals surface area contributed by atoms with E-state index in [1.807, 2.05) is 13.8 Å². The van der Waals surface area contributed by atoms with Gasteiger partial charge < -0.3 is 14.6 Å². The standard InChI is InChI=1S/C14H21ClO3/c1-10(16)12-9-11(15)5-6-13(12)18-8-7-14(2,3)17-4/h5-6,9-10,16H,7-8H2,1-4H3/t10-/m0/s1. The summed E-state index contributed by atoms with van der Waals surface area (Å²) < 4.78 is 11.0. The molecule has 0 saturated carbocycles. The minimum atomic E-state index is -0.603. The Morgan fingerprint density at radius 2 is 2.06 bits per heavy atom. The summed E-state index contributed by atoms with van der Waals surface area (Å²) in [6.07, 6.45) is 0.167. The van der Waals surface area contributed by atoms with E-state index in [2.05, 4.69) is 0 Å². The Morgan fingerprint density at radius 3 is 2.61 bits per heavy atom. The van der Waals surface area contributed by atoms with Crippen LogP contribution in [-0.4, -0.2) is 24.4 Å². The number of rotatable bonds is 6. The normalized spacial score (nSPS) is 13.4. The first-order valence-corrected chi connectivity index (χ1v) is 6.39. The molecule has 0 unspecified atom stereocenters. The number of ether oxygens (including phenoxy) is 2. The minimum Gasteiger partial charge on any atom is -0.493 e. The monoisotopic (exact) mass is 272 g/mol. The number of benzene rings is 1. The quantitative estimate of drug-likeness (QED) is 0.860. The molecule has 18 heavy (non-hydrogen) atoms. The maximum atomic E-state index is 9.67. The smallest absolute Gasteiger partial charge is 0.125 e. The molecule has 0 fully saturated rings. The van der Waals surface area contributed by atoms with Crippen molar-refractivity contribution < 1.29 is 14.6 Å². The lowest BCUT2D eigenvalue weighted by Gasteiger charge is -2.23. The number of aliphatic hydroxyl groups is 1. The molecule has 0 saturated heterocycles. The zero-order valence-corrected chi connectivity index (χ0v) is 12.1. The van der Waals surface area contributed by atoms with Gasteiger partial charge in [0.15, 0.2) is 0 Å². The largest absolute Gasteiger partial charge is 0.493 e. The van der Waals surface area contributed by atoms with E-state index in [4.69, 9.17) is 21.1 Å². The third-order valence-electron chi connectivity index (χ3n) is 2.94. The topological polar surface area (TPSA) is 38.7 Å². The zero-order valence-electron chi connectivity index (χ0n) is 11.4. The van der Waals surface area contributed by atoms with Crippen LogP contribution in [0, 0.1) is 0 Å². The fraction of sp³-hybridized carbons (Fsp3) is 0.571. The summed E-state index contributed by atoms with van der Waals surface area (Å²) in [6.45, 7) is 6.24. The van der Waals surface area contributed by atoms with Crippen molar-refractivity contribution in [3.05, 3.63) is 28.8 Å². The van der Waals surface area contributed by atoms with Crippen LogP contribution in [0.4, 0.5) is 0 Å². The lowest BCUT2D eigenvalue weighted by atomic mass is 10.1. The molecule has 3 nitrogen and oxygen atoms in total. The zero-order chi connectivity index (χ0) is 13.8. The first-order valence-electron chi connectivity index (χ1n) is 6.01. The van der Waals surface area contributed by atoms with Crippen LogP contribution in [0.2, 0.25) is 5.02 Å². The van der Waals surface area contributed by atoms with Crippen LogP contribution in [0.15, 0.2) is 18.2 Å². The van der Waals surface area contributed by atoms with E-state index in [-0.39, 0.29) is 5.60 Å². The minimum absolute atomic E-state index is 0.211. The van der Waals surface area contributed by atoms with Crippen molar-refractivity contribution in [1.82, 2.24) is 0 Å². The van der Waals surface area contributed by atoms with Gasteiger partial charge in [-0.05, 0) is 39.0 Å². The summed E-state index contributed by atoms with van der Waals surface area (Å²) >= 11 is 5.90. The highest BCUT2D eigenvalue weighted by molar-refractivity contribution is 6.30. The van der Waals surface area contributed by atoms with Gasteiger partial charge >= 0.3 is 0 Å². The highest BCUT2D eigenvalue weighted by atomic mass is 35.5. The molecular weight excluding hydrogens is 252 g/mol. The fourth-order valence-corrected chi connectivity index (χ4v) is 1.67. The fourth-order valence-electron chi connectivity index (χ4n) is 1.49. The van der Waals surface area contributed by atoms with Gasteiger partial charge in [-0.1, -0.05) is 11.6 Å². The molecule has 0 aliphatic heterocycles. The lowest BCUT2D eigenvalue weighted by molar-refractivity contribution is 0.00522. The molecule has 102 valence electrons. The van der Waals surface area contributed by atoms with Crippen molar-refractivity contribution in [2.45, 2.75) is 38.9 Å². The molecule has 1 atom stereocenters. The summed E-state index contributed by atoms with van der Waals surface area (Å²) in [5, 5.41) is 10.3. The van der Waals surface area contributed by atoms with Gasteiger partial charge in [0.25, 0.3) is 0 Å². The van der Waals surface area contributed by atoms with Crippen molar-refractivity contribution in [1.29, 1.82) is 0 Å². The van der Waals surface area contributed by atoms with E-state index in [1.165, 1.54) is 0 Å². The van der Waals surface area contributed by atoms with Crippen molar-refractivity contribution in [3.8, 4) is 5.75 Å². The van der Waals surface area contributed by atoms with Gasteiger partial charge in [0.1, 0.15) is 5.75 Å². The molecule has 1 aromatic carbocycles. The molecule has 1 rings (SSSR count). The maximum absolute atomic E-state index is 9.67. The third-order valence-corrected chi connectivity index (χ3v) is 3.17. The third kappa shape index (κ3) is 4.48. The van der Waals surface area contributed by atoms with Crippen LogP contribution in [0.25, 0.3) is 0 Å². The Hall–Kier alpha value is -0.770. The van der Waals surface area contributed by atoms with Gasteiger partial charge in [0.05, 0.1) is 18.3 Å². The van der Waals surface area contributed by atoms with Crippen molar-refractivity contribution in [3.63, 3.8) is 0 Å². The summed E-state index contributed by atoms with van der Waals surface area (Å²) in [5.41, 5.74) is 0.495. The first-order chi connectivity index (χ1) is 8.35. The average molecular weight is 273 g/mol. The predicted molar refractivity (Wildman–Crippen MR) is 73.3 cm³/mol. The van der Waals surface area contributed by atoms with Crippen LogP contribution in [0.1, 0.15) is 38.9 Å². The summed E-state index contributed by atoms with van der Waals surface area (Å²) in [7, 11) is 1.68. The molecule has 0 aliphatic carbocycles. The number of hydrogen-bond acceptors (Lipinski definition) is 3. The Labute approximate surface area is 114 Å². The van der Waals surface area contributed by atoms with Gasteiger partial charge in [-0.3, -0.25) is 0 Å². The van der Waals surface area contributed by atoms with E-state index >= 15 is 0 Å². The van der Waals surface area contributed by atoms with E-state index in [0.29, 0.717) is 22.9 Å². The van der Waals surface area contributed by atoms with Gasteiger partial charge in [-0.2, -0.15) is 0 Å². The van der Waals surface area contributed by atoms with Crippen molar-refractivity contribution >= 4 is 11.6 Å². The van der Waals surface area contributed by atoms with Crippen LogP contribution < -0.4 is 4.74 Å². The Morgan fingerprint density at radius 1 is 1.39 bits per heavy atom. The number of methoxy groups -OCH3 is 1. The lowest BCUT2D eigenvalue weighted by Crippen LogP contribution is -2.25. The molecular formula is C14H21ClO3. The predicted octanol–water partition coefficient (Wildman–Crippen LogP) is 3.59. The van der Waals surface area contributed by atoms with Crippen LogP contribution in [0.5, 0.6) is 5.75 Å². The van der Waals surface area contributed by atoms with Gasteiger partial charge in [0.2, 0.25) is 0 Å². The highest BCUT2D eigenvalue weighted by Crippen LogP contribution is 2.28. The highest BCUT2D eigenvalue weighted by Gasteiger charge is 2.17. The molecule has 0 aliphatic rings. The molecule has 0 radical (unpaired) electrons. The number of halogens is 1. The second-order valence-electron chi connectivity index (χ2n) is 4.92. The summed E-state index contributed by atoms with van der Waals surface area (Å²) in [6, 6.07) is 5.26. The second kappa shape index (κ2) is 6.41. The second-order valence-corrected chi connectivity index (χ2v) is 5.36. The molecule has 0 amide bonds. The van der Waals surface area contributed by atoms with Crippen molar-refractivity contribution in [2.75, 3.05) is 13.7 Å². The number of aliphatic hydroxyl groups excluding tert-OH is 1. The Bertz CT molecular complexity index is 389. The van der Waals surface area contributed by atoms with E-state index in [1.54, 1.807) is 32.2 Å². The summed E-state index contributed by atoms with van der Waals surface area (Å²) in [5.74, 6) is 0.668. The van der Waals surface area contributed by atoms with Gasteiger partial charge in [-0.25, -0.2) is 0 Å². The van der Waals surface area contributed by atoms with E-state index < -0.39 is 6.10 Å². The maximum Gasteiger partial charge on any atom is 0.125 e. The van der Waals surface area contributed by atoms with Crippen LogP contribution in [0.3, 0.4) is 0 Å². The molecule has 1 N–H and O–H groups in total. The van der Waals surface area contributed by atoms with Gasteiger partial charge in [-0.15, -0.1) is 0 Å². The average Bonchev–Trinajstić information content (AvgIpc) is 2.30. The molecule has 0 spiro atoms. The van der Waals surface area contributed by atoms with Gasteiger partial charge in [0, 0.05) is 24.1 Å². The van der Waals surface area contributed by atoms with Crippen LogP contribution in [-0.2, 0) is 4.74 Å². The van der Waals surface area contributed by atoms with Crippen LogP contribution >= 0.6 is 11.6 Å². The molecule has 1 aromatic rings. The molecule has 0 heterocycles. The van der Waals surface area contributed by atoms with E-state index in [0.717, 1.165) is 6.42 Å². The first kappa shape index (κ1) is 15.3. The molecule has 0 bridgehead atoms. The summed E-state index contributed by atoms with van der Waals surface area (Å²) in [4.78, 5) is 0. The molecule has 0 aromatic heterocycles. The van der Waals surface area contributed by atoms with E-state index in [9.17, 15) is 5.11 Å². The Kier molecular flexibility index (Phi) is 5.45. The molecule has 4 heteroatoms. The number of hydrogen-bond donors (Lipinski definition) is 1.